The van der Waals surface area contributed by atoms with E-state index in [4.69, 9.17) is 0 Å². The topological polar surface area (TPSA) is 44.4 Å². The quantitative estimate of drug-likeness (QED) is 0.865. The molecule has 0 aliphatic carbocycles. The molecule has 0 saturated carbocycles. The third-order valence-electron chi connectivity index (χ3n) is 4.04. The molecule has 1 aliphatic rings. The van der Waals surface area contributed by atoms with Gasteiger partial charge in [-0.25, -0.2) is 4.39 Å². The molecule has 2 N–H and O–H groups in total. The monoisotopic (exact) mass is 293 g/mol. The van der Waals surface area contributed by atoms with Gasteiger partial charge in [0.2, 0.25) is 5.91 Å². The smallest absolute Gasteiger partial charge is 0.223 e. The second-order valence-electron chi connectivity index (χ2n) is 5.80. The summed E-state index contributed by atoms with van der Waals surface area (Å²) >= 11 is 0. The standard InChI is InChI=1S/C16H24FN3O/c1-20(2)15(13-4-3-5-14(17)10-13)11-19-16(21)12-6-8-18-9-7-12/h3-5,10,12,15,18H,6-9,11H2,1-2H3,(H,19,21). The number of carbonyl (C=O) groups excluding carboxylic acids is 1. The van der Waals surface area contributed by atoms with Crippen molar-refractivity contribution in [1.82, 2.24) is 15.5 Å². The van der Waals surface area contributed by atoms with Crippen molar-refractivity contribution in [1.29, 1.82) is 0 Å². The highest BCUT2D eigenvalue weighted by molar-refractivity contribution is 5.78. The van der Waals surface area contributed by atoms with E-state index in [1.165, 1.54) is 12.1 Å². The fourth-order valence-corrected chi connectivity index (χ4v) is 2.74. The second-order valence-corrected chi connectivity index (χ2v) is 5.80. The van der Waals surface area contributed by atoms with Crippen LogP contribution in [0.5, 0.6) is 0 Å². The van der Waals surface area contributed by atoms with Crippen LogP contribution in [0.25, 0.3) is 0 Å². The van der Waals surface area contributed by atoms with Gasteiger partial charge in [-0.3, -0.25) is 4.79 Å². The molecule has 21 heavy (non-hydrogen) atoms. The molecule has 1 amide bonds. The maximum Gasteiger partial charge on any atom is 0.223 e. The van der Waals surface area contributed by atoms with Crippen LogP contribution in [0.4, 0.5) is 4.39 Å². The first-order chi connectivity index (χ1) is 10.1. The molecule has 116 valence electrons. The molecule has 4 nitrogen and oxygen atoms in total. The molecule has 1 unspecified atom stereocenters. The minimum Gasteiger partial charge on any atom is -0.354 e. The zero-order valence-corrected chi connectivity index (χ0v) is 12.7. The van der Waals surface area contributed by atoms with Crippen molar-refractivity contribution >= 4 is 5.91 Å². The first-order valence-electron chi connectivity index (χ1n) is 7.48. The summed E-state index contributed by atoms with van der Waals surface area (Å²) < 4.78 is 13.4. The summed E-state index contributed by atoms with van der Waals surface area (Å²) in [6.45, 7) is 2.30. The highest BCUT2D eigenvalue weighted by Gasteiger charge is 2.22. The molecule has 1 heterocycles. The molecule has 0 radical (unpaired) electrons. The molecule has 2 rings (SSSR count). The number of piperidine rings is 1. The number of likely N-dealkylation sites (N-methyl/N-ethyl adjacent to an activating group) is 1. The number of rotatable bonds is 5. The lowest BCUT2D eigenvalue weighted by atomic mass is 9.97. The summed E-state index contributed by atoms with van der Waals surface area (Å²) in [5, 5.41) is 6.28. The molecule has 0 aromatic heterocycles. The van der Waals surface area contributed by atoms with Gasteiger partial charge in [-0.15, -0.1) is 0 Å². The molecule has 1 aromatic carbocycles. The lowest BCUT2D eigenvalue weighted by Crippen LogP contribution is -2.41. The first kappa shape index (κ1) is 15.9. The number of nitrogens with zero attached hydrogens (tertiary/aromatic N) is 1. The van der Waals surface area contributed by atoms with E-state index in [2.05, 4.69) is 10.6 Å². The average molecular weight is 293 g/mol. The Kier molecular flexibility index (Phi) is 5.70. The van der Waals surface area contributed by atoms with E-state index in [1.807, 2.05) is 25.1 Å². The van der Waals surface area contributed by atoms with E-state index in [0.29, 0.717) is 6.54 Å². The van der Waals surface area contributed by atoms with E-state index in [1.54, 1.807) is 6.07 Å². The third kappa shape index (κ3) is 4.51. The van der Waals surface area contributed by atoms with Gasteiger partial charge in [0.15, 0.2) is 0 Å². The van der Waals surface area contributed by atoms with Crippen LogP contribution >= 0.6 is 0 Å². The van der Waals surface area contributed by atoms with Gasteiger partial charge in [0.25, 0.3) is 0 Å². The van der Waals surface area contributed by atoms with Gasteiger partial charge < -0.3 is 15.5 Å². The van der Waals surface area contributed by atoms with Crippen LogP contribution < -0.4 is 10.6 Å². The number of hydrogen-bond donors (Lipinski definition) is 2. The van der Waals surface area contributed by atoms with Gasteiger partial charge in [0.05, 0.1) is 6.04 Å². The summed E-state index contributed by atoms with van der Waals surface area (Å²) in [6.07, 6.45) is 1.77. The maximum absolute atomic E-state index is 13.4. The van der Waals surface area contributed by atoms with Crippen LogP contribution in [0, 0.1) is 11.7 Å². The number of halogens is 1. The predicted octanol–water partition coefficient (Wildman–Crippen LogP) is 1.54. The molecule has 5 heteroatoms. The van der Waals surface area contributed by atoms with Gasteiger partial charge in [-0.1, -0.05) is 12.1 Å². The van der Waals surface area contributed by atoms with Crippen molar-refractivity contribution in [2.24, 2.45) is 5.92 Å². The zero-order valence-electron chi connectivity index (χ0n) is 12.7. The molecule has 1 atom stereocenters. The van der Waals surface area contributed by atoms with Gasteiger partial charge in [0, 0.05) is 12.5 Å². The number of nitrogens with one attached hydrogen (secondary N) is 2. The van der Waals surface area contributed by atoms with Crippen LogP contribution in [0.2, 0.25) is 0 Å². The van der Waals surface area contributed by atoms with E-state index >= 15 is 0 Å². The average Bonchev–Trinajstić information content (AvgIpc) is 2.48. The zero-order chi connectivity index (χ0) is 15.2. The molecule has 1 aromatic rings. The fourth-order valence-electron chi connectivity index (χ4n) is 2.74. The third-order valence-corrected chi connectivity index (χ3v) is 4.04. The molecule has 1 aliphatic heterocycles. The summed E-state index contributed by atoms with van der Waals surface area (Å²) in [6, 6.07) is 6.54. The van der Waals surface area contributed by atoms with Crippen LogP contribution in [0.1, 0.15) is 24.4 Å². The Hall–Kier alpha value is -1.46. The first-order valence-corrected chi connectivity index (χ1v) is 7.48. The van der Waals surface area contributed by atoms with Gasteiger partial charge >= 0.3 is 0 Å². The number of benzene rings is 1. The van der Waals surface area contributed by atoms with Crippen molar-refractivity contribution in [3.63, 3.8) is 0 Å². The summed E-state index contributed by atoms with van der Waals surface area (Å²) in [5.74, 6) is -0.0367. The number of hydrogen-bond acceptors (Lipinski definition) is 3. The van der Waals surface area contributed by atoms with Gasteiger partial charge in [0.1, 0.15) is 5.82 Å². The largest absolute Gasteiger partial charge is 0.354 e. The van der Waals surface area contributed by atoms with Crippen LogP contribution in [-0.4, -0.2) is 44.5 Å². The van der Waals surface area contributed by atoms with E-state index < -0.39 is 0 Å². The lowest BCUT2D eigenvalue weighted by Gasteiger charge is -2.27. The predicted molar refractivity (Wildman–Crippen MR) is 81.4 cm³/mol. The molecule has 1 fully saturated rings. The van der Waals surface area contributed by atoms with Crippen LogP contribution in [0.3, 0.4) is 0 Å². The van der Waals surface area contributed by atoms with Crippen LogP contribution in [0.15, 0.2) is 24.3 Å². The molecule has 0 spiro atoms. The molecular weight excluding hydrogens is 269 g/mol. The normalized spacial score (nSPS) is 17.7. The Balaban J connectivity index is 1.95. The van der Waals surface area contributed by atoms with Gasteiger partial charge in [-0.2, -0.15) is 0 Å². The number of carbonyl (C=O) groups is 1. The Labute approximate surface area is 125 Å². The van der Waals surface area contributed by atoms with Gasteiger partial charge in [-0.05, 0) is 57.7 Å². The fraction of sp³-hybridized carbons (Fsp3) is 0.562. The summed E-state index contributed by atoms with van der Waals surface area (Å²) in [5.41, 5.74) is 0.880. The molecule has 0 bridgehead atoms. The van der Waals surface area contributed by atoms with Crippen molar-refractivity contribution in [2.75, 3.05) is 33.7 Å². The SMILES string of the molecule is CN(C)C(CNC(=O)C1CCNCC1)c1cccc(F)c1. The Morgan fingerprint density at radius 2 is 2.14 bits per heavy atom. The summed E-state index contributed by atoms with van der Waals surface area (Å²) in [7, 11) is 3.87. The van der Waals surface area contributed by atoms with Crippen molar-refractivity contribution in [3.8, 4) is 0 Å². The Bertz CT molecular complexity index is 472. The number of amides is 1. The molecular formula is C16H24FN3O. The lowest BCUT2D eigenvalue weighted by molar-refractivity contribution is -0.125. The Morgan fingerprint density at radius 3 is 2.76 bits per heavy atom. The second kappa shape index (κ2) is 7.52. The summed E-state index contributed by atoms with van der Waals surface area (Å²) in [4.78, 5) is 14.2. The van der Waals surface area contributed by atoms with E-state index in [9.17, 15) is 9.18 Å². The van der Waals surface area contributed by atoms with Crippen LogP contribution in [-0.2, 0) is 4.79 Å². The van der Waals surface area contributed by atoms with Crippen molar-refractivity contribution in [2.45, 2.75) is 18.9 Å². The maximum atomic E-state index is 13.4. The minimum absolute atomic E-state index is 0.0219. The van der Waals surface area contributed by atoms with E-state index in [-0.39, 0.29) is 23.7 Å². The van der Waals surface area contributed by atoms with E-state index in [0.717, 1.165) is 31.5 Å². The highest BCUT2D eigenvalue weighted by Crippen LogP contribution is 2.19. The van der Waals surface area contributed by atoms with Crippen molar-refractivity contribution < 1.29 is 9.18 Å². The van der Waals surface area contributed by atoms with Crippen molar-refractivity contribution in [3.05, 3.63) is 35.6 Å². The Morgan fingerprint density at radius 1 is 1.43 bits per heavy atom. The highest BCUT2D eigenvalue weighted by atomic mass is 19.1. The minimum atomic E-state index is -0.246. The molecule has 1 saturated heterocycles.